The van der Waals surface area contributed by atoms with Gasteiger partial charge in [0.1, 0.15) is 0 Å². The molecule has 2 fully saturated rings. The van der Waals surface area contributed by atoms with Crippen molar-refractivity contribution >= 4 is 26.0 Å². The standard InChI is InChI=1S/C18H27BrN2O3S/c1-15-13-16(5-6-17(15)19)25(22,23)20-14-18(7-3-2-4-8-18)21-9-11-24-12-10-21/h5-6,13,20H,2-4,7-12,14H2,1H3. The quantitative estimate of drug-likeness (QED) is 0.779. The molecule has 1 saturated heterocycles. The molecular formula is C18H27BrN2O3S. The molecule has 3 rings (SSSR count). The Bertz CT molecular complexity index is 696. The number of halogens is 1. The van der Waals surface area contributed by atoms with Gasteiger partial charge in [0, 0.05) is 29.6 Å². The summed E-state index contributed by atoms with van der Waals surface area (Å²) in [6.07, 6.45) is 5.67. The van der Waals surface area contributed by atoms with Gasteiger partial charge in [0.2, 0.25) is 10.0 Å². The maximum atomic E-state index is 12.8. The molecule has 2 aliphatic rings. The maximum absolute atomic E-state index is 12.8. The molecule has 0 spiro atoms. The van der Waals surface area contributed by atoms with Gasteiger partial charge in [-0.25, -0.2) is 13.1 Å². The normalized spacial score (nSPS) is 22.0. The van der Waals surface area contributed by atoms with Crippen LogP contribution in [0.25, 0.3) is 0 Å². The molecular weight excluding hydrogens is 404 g/mol. The number of nitrogens with one attached hydrogen (secondary N) is 1. The molecule has 0 radical (unpaired) electrons. The molecule has 1 aliphatic heterocycles. The summed E-state index contributed by atoms with van der Waals surface area (Å²) >= 11 is 3.42. The summed E-state index contributed by atoms with van der Waals surface area (Å²) in [6.45, 7) is 5.63. The van der Waals surface area contributed by atoms with Crippen LogP contribution in [0.1, 0.15) is 37.7 Å². The van der Waals surface area contributed by atoms with Crippen molar-refractivity contribution in [2.75, 3.05) is 32.8 Å². The van der Waals surface area contributed by atoms with Crippen molar-refractivity contribution in [2.45, 2.75) is 49.5 Å². The van der Waals surface area contributed by atoms with Crippen LogP contribution in [0, 0.1) is 6.92 Å². The molecule has 1 aromatic rings. The van der Waals surface area contributed by atoms with Gasteiger partial charge in [-0.3, -0.25) is 4.90 Å². The minimum absolute atomic E-state index is 0.0699. The molecule has 1 saturated carbocycles. The number of hydrogen-bond acceptors (Lipinski definition) is 4. The van der Waals surface area contributed by atoms with Crippen molar-refractivity contribution in [3.05, 3.63) is 28.2 Å². The van der Waals surface area contributed by atoms with E-state index in [0.717, 1.165) is 62.0 Å². The summed E-state index contributed by atoms with van der Waals surface area (Å²) in [5.74, 6) is 0. The maximum Gasteiger partial charge on any atom is 0.240 e. The van der Waals surface area contributed by atoms with Crippen molar-refractivity contribution in [1.82, 2.24) is 9.62 Å². The molecule has 7 heteroatoms. The zero-order valence-corrected chi connectivity index (χ0v) is 17.2. The summed E-state index contributed by atoms with van der Waals surface area (Å²) < 4.78 is 34.9. The van der Waals surface area contributed by atoms with Crippen molar-refractivity contribution in [1.29, 1.82) is 0 Å². The van der Waals surface area contributed by atoms with Gasteiger partial charge in [-0.05, 0) is 43.5 Å². The molecule has 140 valence electrons. The van der Waals surface area contributed by atoms with E-state index >= 15 is 0 Å². The average molecular weight is 431 g/mol. The van der Waals surface area contributed by atoms with Crippen molar-refractivity contribution in [3.63, 3.8) is 0 Å². The van der Waals surface area contributed by atoms with Gasteiger partial charge < -0.3 is 4.74 Å². The van der Waals surface area contributed by atoms with Crippen LogP contribution in [0.15, 0.2) is 27.6 Å². The van der Waals surface area contributed by atoms with Crippen LogP contribution in [0.2, 0.25) is 0 Å². The van der Waals surface area contributed by atoms with E-state index < -0.39 is 10.0 Å². The highest BCUT2D eigenvalue weighted by molar-refractivity contribution is 9.10. The highest BCUT2D eigenvalue weighted by Crippen LogP contribution is 2.34. The van der Waals surface area contributed by atoms with Gasteiger partial charge in [0.05, 0.1) is 18.1 Å². The molecule has 0 amide bonds. The molecule has 1 heterocycles. The van der Waals surface area contributed by atoms with Gasteiger partial charge >= 0.3 is 0 Å². The first-order valence-corrected chi connectivity index (χ1v) is 11.3. The van der Waals surface area contributed by atoms with Gasteiger partial charge in [-0.15, -0.1) is 0 Å². The molecule has 0 atom stereocenters. The monoisotopic (exact) mass is 430 g/mol. The first kappa shape index (κ1) is 19.3. The van der Waals surface area contributed by atoms with E-state index in [-0.39, 0.29) is 5.54 Å². The summed E-state index contributed by atoms with van der Waals surface area (Å²) in [5.41, 5.74) is 0.850. The van der Waals surface area contributed by atoms with E-state index in [4.69, 9.17) is 4.74 Å². The predicted octanol–water partition coefficient (Wildman–Crippen LogP) is 3.07. The van der Waals surface area contributed by atoms with E-state index in [0.29, 0.717) is 11.4 Å². The number of aryl methyl sites for hydroxylation is 1. The lowest BCUT2D eigenvalue weighted by atomic mass is 9.80. The van der Waals surface area contributed by atoms with Crippen LogP contribution in [-0.2, 0) is 14.8 Å². The van der Waals surface area contributed by atoms with E-state index in [1.165, 1.54) is 6.42 Å². The first-order chi connectivity index (χ1) is 11.9. The van der Waals surface area contributed by atoms with Gasteiger partial charge in [0.25, 0.3) is 0 Å². The van der Waals surface area contributed by atoms with Gasteiger partial charge in [0.15, 0.2) is 0 Å². The fraction of sp³-hybridized carbons (Fsp3) is 0.667. The summed E-state index contributed by atoms with van der Waals surface area (Å²) in [4.78, 5) is 2.78. The zero-order chi connectivity index (χ0) is 17.9. The lowest BCUT2D eigenvalue weighted by molar-refractivity contribution is -0.0348. The Labute approximate surface area is 159 Å². The van der Waals surface area contributed by atoms with E-state index in [1.54, 1.807) is 18.2 Å². The summed E-state index contributed by atoms with van der Waals surface area (Å²) in [6, 6.07) is 5.17. The molecule has 1 aromatic carbocycles. The van der Waals surface area contributed by atoms with Crippen molar-refractivity contribution in [2.24, 2.45) is 0 Å². The zero-order valence-electron chi connectivity index (χ0n) is 14.8. The first-order valence-electron chi connectivity index (χ1n) is 9.02. The van der Waals surface area contributed by atoms with Crippen LogP contribution in [-0.4, -0.2) is 51.7 Å². The van der Waals surface area contributed by atoms with Crippen LogP contribution in [0.4, 0.5) is 0 Å². The molecule has 25 heavy (non-hydrogen) atoms. The van der Waals surface area contributed by atoms with E-state index in [9.17, 15) is 8.42 Å². The van der Waals surface area contributed by atoms with Crippen LogP contribution < -0.4 is 4.72 Å². The Kier molecular flexibility index (Phi) is 6.21. The number of nitrogens with zero attached hydrogens (tertiary/aromatic N) is 1. The molecule has 1 aliphatic carbocycles. The summed E-state index contributed by atoms with van der Waals surface area (Å²) in [5, 5.41) is 0. The minimum Gasteiger partial charge on any atom is -0.379 e. The van der Waals surface area contributed by atoms with E-state index in [2.05, 4.69) is 25.6 Å². The highest BCUT2D eigenvalue weighted by Gasteiger charge is 2.39. The predicted molar refractivity (Wildman–Crippen MR) is 102 cm³/mol. The Morgan fingerprint density at radius 2 is 1.88 bits per heavy atom. The van der Waals surface area contributed by atoms with Gasteiger partial charge in [-0.2, -0.15) is 0 Å². The smallest absolute Gasteiger partial charge is 0.240 e. The fourth-order valence-corrected chi connectivity index (χ4v) is 5.40. The second-order valence-corrected chi connectivity index (χ2v) is 9.74. The second-order valence-electron chi connectivity index (χ2n) is 7.12. The number of morpholine rings is 1. The lowest BCUT2D eigenvalue weighted by Crippen LogP contribution is -2.59. The molecule has 0 unspecified atom stereocenters. The van der Waals surface area contributed by atoms with Gasteiger partial charge in [-0.1, -0.05) is 35.2 Å². The number of hydrogen-bond donors (Lipinski definition) is 1. The Hall–Kier alpha value is -0.470. The van der Waals surface area contributed by atoms with Crippen LogP contribution >= 0.6 is 15.9 Å². The Balaban J connectivity index is 1.76. The lowest BCUT2D eigenvalue weighted by Gasteiger charge is -2.48. The SMILES string of the molecule is Cc1cc(S(=O)(=O)NCC2(N3CCOCC3)CCCCC2)ccc1Br. The number of rotatable bonds is 5. The number of ether oxygens (including phenoxy) is 1. The Morgan fingerprint density at radius 3 is 2.52 bits per heavy atom. The van der Waals surface area contributed by atoms with Crippen LogP contribution in [0.5, 0.6) is 0 Å². The molecule has 1 N–H and O–H groups in total. The molecule has 5 nitrogen and oxygen atoms in total. The number of benzene rings is 1. The average Bonchev–Trinajstić information content (AvgIpc) is 2.64. The van der Waals surface area contributed by atoms with Crippen LogP contribution in [0.3, 0.4) is 0 Å². The topological polar surface area (TPSA) is 58.6 Å². The fourth-order valence-electron chi connectivity index (χ4n) is 3.95. The third-order valence-corrected chi connectivity index (χ3v) is 7.79. The summed E-state index contributed by atoms with van der Waals surface area (Å²) in [7, 11) is -3.50. The van der Waals surface area contributed by atoms with Crippen molar-refractivity contribution < 1.29 is 13.2 Å². The highest BCUT2D eigenvalue weighted by atomic mass is 79.9. The van der Waals surface area contributed by atoms with E-state index in [1.807, 2.05) is 6.92 Å². The second kappa shape index (κ2) is 8.05. The largest absolute Gasteiger partial charge is 0.379 e. The van der Waals surface area contributed by atoms with Crippen molar-refractivity contribution in [3.8, 4) is 0 Å². The Morgan fingerprint density at radius 1 is 1.20 bits per heavy atom. The molecule has 0 aromatic heterocycles. The molecule has 0 bridgehead atoms. The number of sulfonamides is 1. The third kappa shape index (κ3) is 4.45. The minimum atomic E-state index is -3.50. The third-order valence-electron chi connectivity index (χ3n) is 5.50.